The lowest BCUT2D eigenvalue weighted by Crippen LogP contribution is -2.28. The van der Waals surface area contributed by atoms with E-state index in [1.165, 1.54) is 0 Å². The van der Waals surface area contributed by atoms with Crippen molar-refractivity contribution in [2.24, 2.45) is 0 Å². The SMILES string of the molecule is C=C(C)COCCNC(=O)Cc1ccc(N)cc1. The van der Waals surface area contributed by atoms with E-state index in [2.05, 4.69) is 11.9 Å². The van der Waals surface area contributed by atoms with Crippen LogP contribution in [0.4, 0.5) is 5.69 Å². The molecule has 0 aliphatic carbocycles. The molecule has 1 rings (SSSR count). The monoisotopic (exact) mass is 248 g/mol. The zero-order valence-electron chi connectivity index (χ0n) is 10.7. The molecule has 0 aliphatic rings. The molecule has 1 amide bonds. The first-order valence-electron chi connectivity index (χ1n) is 5.91. The molecular weight excluding hydrogens is 228 g/mol. The van der Waals surface area contributed by atoms with Crippen LogP contribution in [0.2, 0.25) is 0 Å². The molecule has 1 aromatic carbocycles. The van der Waals surface area contributed by atoms with Crippen LogP contribution in [0.1, 0.15) is 12.5 Å². The van der Waals surface area contributed by atoms with Gasteiger partial charge in [0.1, 0.15) is 0 Å². The summed E-state index contributed by atoms with van der Waals surface area (Å²) in [4.78, 5) is 11.6. The van der Waals surface area contributed by atoms with Gasteiger partial charge in [-0.05, 0) is 24.6 Å². The number of amides is 1. The number of nitrogens with one attached hydrogen (secondary N) is 1. The first-order chi connectivity index (χ1) is 8.58. The van der Waals surface area contributed by atoms with Gasteiger partial charge in [0.25, 0.3) is 0 Å². The second-order valence-corrected chi connectivity index (χ2v) is 4.28. The molecule has 0 aromatic heterocycles. The summed E-state index contributed by atoms with van der Waals surface area (Å²) in [6.45, 7) is 7.18. The number of anilines is 1. The number of nitrogens with two attached hydrogens (primary N) is 1. The van der Waals surface area contributed by atoms with Crippen molar-refractivity contribution < 1.29 is 9.53 Å². The Kier molecular flexibility index (Phi) is 5.94. The van der Waals surface area contributed by atoms with Gasteiger partial charge in [-0.15, -0.1) is 0 Å². The summed E-state index contributed by atoms with van der Waals surface area (Å²) in [7, 11) is 0. The van der Waals surface area contributed by atoms with Crippen LogP contribution in [-0.2, 0) is 16.0 Å². The summed E-state index contributed by atoms with van der Waals surface area (Å²) in [5.74, 6) is -0.0151. The van der Waals surface area contributed by atoms with Crippen LogP contribution in [-0.4, -0.2) is 25.7 Å². The van der Waals surface area contributed by atoms with E-state index in [1.54, 1.807) is 12.1 Å². The van der Waals surface area contributed by atoms with Gasteiger partial charge in [0.2, 0.25) is 5.91 Å². The average molecular weight is 248 g/mol. The summed E-state index contributed by atoms with van der Waals surface area (Å²) in [5.41, 5.74) is 8.20. The summed E-state index contributed by atoms with van der Waals surface area (Å²) in [5, 5.41) is 2.79. The Bertz CT molecular complexity index is 399. The lowest BCUT2D eigenvalue weighted by atomic mass is 10.1. The lowest BCUT2D eigenvalue weighted by Gasteiger charge is -2.06. The quantitative estimate of drug-likeness (QED) is 0.437. The number of hydrogen-bond donors (Lipinski definition) is 2. The van der Waals surface area contributed by atoms with Crippen molar-refractivity contribution in [3.05, 3.63) is 42.0 Å². The van der Waals surface area contributed by atoms with E-state index in [0.29, 0.717) is 31.9 Å². The third-order valence-corrected chi connectivity index (χ3v) is 2.26. The topological polar surface area (TPSA) is 64.3 Å². The fourth-order valence-electron chi connectivity index (χ4n) is 1.39. The number of benzene rings is 1. The van der Waals surface area contributed by atoms with E-state index in [-0.39, 0.29) is 5.91 Å². The Balaban J connectivity index is 2.17. The van der Waals surface area contributed by atoms with Crippen molar-refractivity contribution in [1.82, 2.24) is 5.32 Å². The minimum absolute atomic E-state index is 0.0151. The van der Waals surface area contributed by atoms with Crippen molar-refractivity contribution in [3.63, 3.8) is 0 Å². The molecule has 0 unspecified atom stereocenters. The lowest BCUT2D eigenvalue weighted by molar-refractivity contribution is -0.120. The molecule has 0 heterocycles. The summed E-state index contributed by atoms with van der Waals surface area (Å²) in [6.07, 6.45) is 0.362. The summed E-state index contributed by atoms with van der Waals surface area (Å²) < 4.78 is 5.28. The fraction of sp³-hybridized carbons (Fsp3) is 0.357. The Morgan fingerprint density at radius 1 is 1.39 bits per heavy atom. The highest BCUT2D eigenvalue weighted by molar-refractivity contribution is 5.78. The smallest absolute Gasteiger partial charge is 0.224 e. The maximum atomic E-state index is 11.6. The van der Waals surface area contributed by atoms with Crippen molar-refractivity contribution in [2.75, 3.05) is 25.5 Å². The molecule has 1 aromatic rings. The van der Waals surface area contributed by atoms with E-state index >= 15 is 0 Å². The zero-order chi connectivity index (χ0) is 13.4. The van der Waals surface area contributed by atoms with Crippen LogP contribution in [0.5, 0.6) is 0 Å². The van der Waals surface area contributed by atoms with Gasteiger partial charge >= 0.3 is 0 Å². The second-order valence-electron chi connectivity index (χ2n) is 4.28. The second kappa shape index (κ2) is 7.50. The third-order valence-electron chi connectivity index (χ3n) is 2.26. The largest absolute Gasteiger partial charge is 0.399 e. The average Bonchev–Trinajstić information content (AvgIpc) is 2.31. The predicted octanol–water partition coefficient (Wildman–Crippen LogP) is 1.52. The summed E-state index contributed by atoms with van der Waals surface area (Å²) in [6, 6.07) is 7.29. The van der Waals surface area contributed by atoms with Crippen molar-refractivity contribution >= 4 is 11.6 Å². The maximum Gasteiger partial charge on any atom is 0.224 e. The van der Waals surface area contributed by atoms with Gasteiger partial charge in [-0.1, -0.05) is 24.3 Å². The first-order valence-corrected chi connectivity index (χ1v) is 5.91. The molecule has 0 radical (unpaired) electrons. The predicted molar refractivity (Wildman–Crippen MR) is 73.2 cm³/mol. The molecule has 98 valence electrons. The van der Waals surface area contributed by atoms with Gasteiger partial charge in [-0.25, -0.2) is 0 Å². The molecule has 3 N–H and O–H groups in total. The van der Waals surface area contributed by atoms with E-state index in [1.807, 2.05) is 19.1 Å². The highest BCUT2D eigenvalue weighted by Crippen LogP contribution is 2.05. The number of carbonyl (C=O) groups excluding carboxylic acids is 1. The van der Waals surface area contributed by atoms with Crippen molar-refractivity contribution in [3.8, 4) is 0 Å². The van der Waals surface area contributed by atoms with E-state index in [0.717, 1.165) is 11.1 Å². The number of rotatable bonds is 7. The zero-order valence-corrected chi connectivity index (χ0v) is 10.7. The van der Waals surface area contributed by atoms with Crippen LogP contribution in [0.3, 0.4) is 0 Å². The number of nitrogen functional groups attached to an aromatic ring is 1. The van der Waals surface area contributed by atoms with E-state index in [9.17, 15) is 4.79 Å². The molecule has 4 nitrogen and oxygen atoms in total. The van der Waals surface area contributed by atoms with Crippen LogP contribution in [0, 0.1) is 0 Å². The maximum absolute atomic E-state index is 11.6. The molecule has 0 saturated carbocycles. The van der Waals surface area contributed by atoms with Crippen LogP contribution in [0.25, 0.3) is 0 Å². The molecule has 0 atom stereocenters. The molecule has 0 aliphatic heterocycles. The Morgan fingerprint density at radius 2 is 2.06 bits per heavy atom. The molecule has 0 fully saturated rings. The van der Waals surface area contributed by atoms with E-state index in [4.69, 9.17) is 10.5 Å². The highest BCUT2D eigenvalue weighted by atomic mass is 16.5. The van der Waals surface area contributed by atoms with Crippen LogP contribution >= 0.6 is 0 Å². The molecule has 4 heteroatoms. The van der Waals surface area contributed by atoms with E-state index < -0.39 is 0 Å². The standard InChI is InChI=1S/C14H20N2O2/c1-11(2)10-18-8-7-16-14(17)9-12-3-5-13(15)6-4-12/h3-6H,1,7-10,15H2,2H3,(H,16,17). The Labute approximate surface area is 108 Å². The van der Waals surface area contributed by atoms with Crippen LogP contribution < -0.4 is 11.1 Å². The van der Waals surface area contributed by atoms with Gasteiger partial charge in [-0.3, -0.25) is 4.79 Å². The number of carbonyl (C=O) groups is 1. The molecule has 0 bridgehead atoms. The summed E-state index contributed by atoms with van der Waals surface area (Å²) >= 11 is 0. The fourth-order valence-corrected chi connectivity index (χ4v) is 1.39. The Morgan fingerprint density at radius 3 is 2.67 bits per heavy atom. The minimum atomic E-state index is -0.0151. The molecule has 0 spiro atoms. The van der Waals surface area contributed by atoms with Gasteiger partial charge in [0, 0.05) is 12.2 Å². The van der Waals surface area contributed by atoms with Gasteiger partial charge in [0.05, 0.1) is 19.6 Å². The Hall–Kier alpha value is -1.81. The van der Waals surface area contributed by atoms with Gasteiger partial charge < -0.3 is 15.8 Å². The molecule has 0 saturated heterocycles. The highest BCUT2D eigenvalue weighted by Gasteiger charge is 2.02. The number of ether oxygens (including phenoxy) is 1. The molecule has 18 heavy (non-hydrogen) atoms. The third kappa shape index (κ3) is 6.06. The number of hydrogen-bond acceptors (Lipinski definition) is 3. The minimum Gasteiger partial charge on any atom is -0.399 e. The normalized spacial score (nSPS) is 10.1. The van der Waals surface area contributed by atoms with Crippen LogP contribution in [0.15, 0.2) is 36.4 Å². The van der Waals surface area contributed by atoms with Gasteiger partial charge in [0.15, 0.2) is 0 Å². The van der Waals surface area contributed by atoms with Gasteiger partial charge in [-0.2, -0.15) is 0 Å². The van der Waals surface area contributed by atoms with Crippen molar-refractivity contribution in [1.29, 1.82) is 0 Å². The van der Waals surface area contributed by atoms with Crippen molar-refractivity contribution in [2.45, 2.75) is 13.3 Å². The molecular formula is C14H20N2O2. The first kappa shape index (κ1) is 14.3.